The first-order chi connectivity index (χ1) is 16.1. The van der Waals surface area contributed by atoms with E-state index in [0.29, 0.717) is 0 Å². The number of rotatable bonds is 4. The minimum atomic E-state index is -0.795. The molecule has 33 heavy (non-hydrogen) atoms. The summed E-state index contributed by atoms with van der Waals surface area (Å²) in [5.41, 5.74) is 3.51. The van der Waals surface area contributed by atoms with Gasteiger partial charge < -0.3 is 14.9 Å². The Balaban J connectivity index is 1.25. The quantitative estimate of drug-likeness (QED) is 0.496. The molecule has 2 saturated heterocycles. The zero-order valence-corrected chi connectivity index (χ0v) is 18.2. The van der Waals surface area contributed by atoms with Crippen LogP contribution in [-0.4, -0.2) is 71.4 Å². The molecule has 4 aromatic rings. The van der Waals surface area contributed by atoms with Crippen LogP contribution < -0.4 is 4.90 Å². The summed E-state index contributed by atoms with van der Waals surface area (Å²) < 4.78 is 1.81. The second-order valence-corrected chi connectivity index (χ2v) is 8.83. The number of fused-ring (bicyclic) bond motifs is 3. The molecule has 0 aliphatic carbocycles. The van der Waals surface area contributed by atoms with Crippen molar-refractivity contribution in [3.05, 3.63) is 48.9 Å². The van der Waals surface area contributed by atoms with E-state index in [1.165, 1.54) is 0 Å². The number of aromatic amines is 1. The van der Waals surface area contributed by atoms with Gasteiger partial charge in [-0.1, -0.05) is 0 Å². The number of nitrogens with zero attached hydrogens (tertiary/aromatic N) is 7. The third-order valence-corrected chi connectivity index (χ3v) is 7.11. The SMILES string of the molecule is CN(c1ccc(-c2ccc(-n3cccn3)c3cn[nH]c23)nn1)C1CC2CC[C@@H](C1)N2C(=O)O. The fourth-order valence-corrected chi connectivity index (χ4v) is 5.47. The van der Waals surface area contributed by atoms with Crippen LogP contribution >= 0.6 is 0 Å². The summed E-state index contributed by atoms with van der Waals surface area (Å²) in [5.74, 6) is 0.793. The monoisotopic (exact) mass is 444 g/mol. The van der Waals surface area contributed by atoms with Gasteiger partial charge >= 0.3 is 6.09 Å². The Hall–Kier alpha value is -3.95. The van der Waals surface area contributed by atoms with Gasteiger partial charge in [0.1, 0.15) is 0 Å². The Morgan fingerprint density at radius 3 is 2.64 bits per heavy atom. The number of piperidine rings is 1. The van der Waals surface area contributed by atoms with E-state index < -0.39 is 6.09 Å². The van der Waals surface area contributed by atoms with E-state index in [0.717, 1.165) is 59.3 Å². The molecule has 6 rings (SSSR count). The van der Waals surface area contributed by atoms with Crippen molar-refractivity contribution < 1.29 is 9.90 Å². The van der Waals surface area contributed by atoms with E-state index in [-0.39, 0.29) is 18.1 Å². The predicted molar refractivity (Wildman–Crippen MR) is 122 cm³/mol. The fraction of sp³-hybridized carbons (Fsp3) is 0.348. The number of amides is 1. The minimum absolute atomic E-state index is 0.0999. The summed E-state index contributed by atoms with van der Waals surface area (Å²) in [6.07, 6.45) is 8.19. The van der Waals surface area contributed by atoms with Crippen LogP contribution in [0.3, 0.4) is 0 Å². The number of H-pyrrole nitrogens is 1. The molecule has 0 saturated carbocycles. The van der Waals surface area contributed by atoms with Gasteiger partial charge in [0.15, 0.2) is 5.82 Å². The van der Waals surface area contributed by atoms with Crippen molar-refractivity contribution in [1.82, 2.24) is 35.1 Å². The summed E-state index contributed by atoms with van der Waals surface area (Å²) >= 11 is 0. The van der Waals surface area contributed by atoms with Crippen molar-refractivity contribution in [2.45, 2.75) is 43.8 Å². The fourth-order valence-electron chi connectivity index (χ4n) is 5.47. The molecule has 1 amide bonds. The molecule has 2 aliphatic heterocycles. The lowest BCUT2D eigenvalue weighted by molar-refractivity contribution is 0.0965. The minimum Gasteiger partial charge on any atom is -0.465 e. The number of nitrogens with one attached hydrogen (secondary N) is 1. The molecule has 168 valence electrons. The van der Waals surface area contributed by atoms with Gasteiger partial charge in [0, 0.05) is 48.5 Å². The lowest BCUT2D eigenvalue weighted by atomic mass is 9.96. The van der Waals surface area contributed by atoms with Gasteiger partial charge in [0.2, 0.25) is 0 Å². The Morgan fingerprint density at radius 2 is 1.97 bits per heavy atom. The third kappa shape index (κ3) is 3.21. The van der Waals surface area contributed by atoms with Crippen molar-refractivity contribution in [2.75, 3.05) is 11.9 Å². The number of benzene rings is 1. The number of carbonyl (C=O) groups is 1. The first-order valence-electron chi connectivity index (χ1n) is 11.1. The summed E-state index contributed by atoms with van der Waals surface area (Å²) in [6.45, 7) is 0. The van der Waals surface area contributed by atoms with Crippen molar-refractivity contribution >= 4 is 22.8 Å². The molecule has 3 atom stereocenters. The molecule has 2 bridgehead atoms. The van der Waals surface area contributed by atoms with E-state index in [1.54, 1.807) is 17.3 Å². The van der Waals surface area contributed by atoms with E-state index in [9.17, 15) is 9.90 Å². The van der Waals surface area contributed by atoms with Crippen LogP contribution in [0.5, 0.6) is 0 Å². The van der Waals surface area contributed by atoms with Crippen molar-refractivity contribution in [3.8, 4) is 16.9 Å². The van der Waals surface area contributed by atoms with Gasteiger partial charge in [-0.2, -0.15) is 10.2 Å². The molecule has 2 fully saturated rings. The third-order valence-electron chi connectivity index (χ3n) is 7.11. The zero-order valence-electron chi connectivity index (χ0n) is 18.2. The molecule has 1 aromatic carbocycles. The van der Waals surface area contributed by atoms with Crippen molar-refractivity contribution in [1.29, 1.82) is 0 Å². The molecule has 0 spiro atoms. The normalized spacial score (nSPS) is 22.1. The van der Waals surface area contributed by atoms with E-state index in [2.05, 4.69) is 30.4 Å². The maximum atomic E-state index is 11.6. The maximum absolute atomic E-state index is 11.6. The van der Waals surface area contributed by atoms with Crippen LogP contribution in [-0.2, 0) is 0 Å². The molecular weight excluding hydrogens is 420 g/mol. The average Bonchev–Trinajstić information content (AvgIpc) is 3.58. The van der Waals surface area contributed by atoms with E-state index in [1.807, 2.05) is 48.3 Å². The topological polar surface area (TPSA) is 116 Å². The lowest BCUT2D eigenvalue weighted by Gasteiger charge is -2.41. The number of carboxylic acid groups (broad SMARTS) is 1. The van der Waals surface area contributed by atoms with Gasteiger partial charge in [0.05, 0.1) is 23.1 Å². The molecule has 3 aromatic heterocycles. The van der Waals surface area contributed by atoms with Crippen LogP contribution in [0.25, 0.3) is 27.8 Å². The predicted octanol–water partition coefficient (Wildman–Crippen LogP) is 3.32. The first kappa shape index (κ1) is 19.7. The second-order valence-electron chi connectivity index (χ2n) is 8.83. The Bertz CT molecular complexity index is 1290. The van der Waals surface area contributed by atoms with E-state index >= 15 is 0 Å². The summed E-state index contributed by atoms with van der Waals surface area (Å²) in [7, 11) is 2.02. The second kappa shape index (κ2) is 7.58. The van der Waals surface area contributed by atoms with Crippen LogP contribution in [0.1, 0.15) is 25.7 Å². The van der Waals surface area contributed by atoms with Gasteiger partial charge in [-0.05, 0) is 56.0 Å². The van der Waals surface area contributed by atoms with Gasteiger partial charge in [-0.15, -0.1) is 10.2 Å². The average molecular weight is 444 g/mol. The van der Waals surface area contributed by atoms with Crippen LogP contribution in [0.4, 0.5) is 10.6 Å². The maximum Gasteiger partial charge on any atom is 0.407 e. The zero-order chi connectivity index (χ0) is 22.5. The van der Waals surface area contributed by atoms with Crippen LogP contribution in [0.2, 0.25) is 0 Å². The molecule has 2 unspecified atom stereocenters. The van der Waals surface area contributed by atoms with Crippen LogP contribution in [0.15, 0.2) is 48.9 Å². The molecule has 10 heteroatoms. The van der Waals surface area contributed by atoms with Crippen molar-refractivity contribution in [3.63, 3.8) is 0 Å². The Kier molecular flexibility index (Phi) is 4.53. The lowest BCUT2D eigenvalue weighted by Crippen LogP contribution is -2.51. The van der Waals surface area contributed by atoms with Gasteiger partial charge in [-0.25, -0.2) is 9.48 Å². The highest BCUT2D eigenvalue weighted by atomic mass is 16.4. The Morgan fingerprint density at radius 1 is 1.15 bits per heavy atom. The highest BCUT2D eigenvalue weighted by Crippen LogP contribution is 2.38. The molecule has 2 aliphatic rings. The molecule has 5 heterocycles. The number of hydrogen-bond acceptors (Lipinski definition) is 6. The highest BCUT2D eigenvalue weighted by molar-refractivity contribution is 5.97. The molecule has 10 nitrogen and oxygen atoms in total. The van der Waals surface area contributed by atoms with Gasteiger partial charge in [0.25, 0.3) is 0 Å². The Labute approximate surface area is 189 Å². The smallest absolute Gasteiger partial charge is 0.407 e. The largest absolute Gasteiger partial charge is 0.465 e. The summed E-state index contributed by atoms with van der Waals surface area (Å²) in [5, 5.41) is 31.1. The molecular formula is C23H24N8O2. The first-order valence-corrected chi connectivity index (χ1v) is 11.1. The number of anilines is 1. The number of aromatic nitrogens is 6. The van der Waals surface area contributed by atoms with E-state index in [4.69, 9.17) is 0 Å². The molecule has 2 N–H and O–H groups in total. The highest BCUT2D eigenvalue weighted by Gasteiger charge is 2.44. The van der Waals surface area contributed by atoms with Gasteiger partial charge in [-0.3, -0.25) is 5.10 Å². The summed E-state index contributed by atoms with van der Waals surface area (Å²) in [4.78, 5) is 15.4. The number of hydrogen-bond donors (Lipinski definition) is 2. The molecule has 0 radical (unpaired) electrons. The van der Waals surface area contributed by atoms with Crippen LogP contribution in [0, 0.1) is 0 Å². The van der Waals surface area contributed by atoms with Crippen molar-refractivity contribution in [2.24, 2.45) is 0 Å². The summed E-state index contributed by atoms with van der Waals surface area (Å²) in [6, 6.07) is 10.3. The standard InChI is InChI=1S/C23H24N8O2/c1-29(16-11-14-3-4-15(12-16)31(14)23(32)33)21-8-6-19(26-27-21)17-5-7-20(30-10-2-9-25-30)18-13-24-28-22(17)18/h2,5-10,13-16H,3-4,11-12H2,1H3,(H,24,28)(H,32,33)/t14-,15?,16?/m0/s1.